The summed E-state index contributed by atoms with van der Waals surface area (Å²) in [6.45, 7) is 0.174. The minimum Gasteiger partial charge on any atom is -0.476 e. The van der Waals surface area contributed by atoms with Crippen LogP contribution >= 0.6 is 0 Å². The monoisotopic (exact) mass is 310 g/mol. The minimum absolute atomic E-state index is 0.0387. The highest BCUT2D eigenvalue weighted by atomic mass is 16.6. The Morgan fingerprint density at radius 3 is 2.45 bits per heavy atom. The highest BCUT2D eigenvalue weighted by molar-refractivity contribution is 5.62. The molecule has 0 aromatic carbocycles. The average Bonchev–Trinajstić information content (AvgIpc) is 2.75. The molecular formula is C14H22N4O4. The first kappa shape index (κ1) is 16.4. The maximum absolute atomic E-state index is 11.4. The number of rotatable bonds is 6. The van der Waals surface area contributed by atoms with E-state index in [4.69, 9.17) is 9.47 Å². The number of nitrogens with zero attached hydrogens (tertiary/aromatic N) is 3. The van der Waals surface area contributed by atoms with E-state index < -0.39 is 4.92 Å². The predicted molar refractivity (Wildman–Crippen MR) is 81.1 cm³/mol. The molecule has 1 fully saturated rings. The molecule has 0 atom stereocenters. The van der Waals surface area contributed by atoms with Gasteiger partial charge >= 0.3 is 5.69 Å². The van der Waals surface area contributed by atoms with Crippen molar-refractivity contribution in [1.82, 2.24) is 9.97 Å². The maximum atomic E-state index is 11.4. The molecule has 1 aliphatic carbocycles. The number of aromatic nitrogens is 2. The van der Waals surface area contributed by atoms with Crippen molar-refractivity contribution in [2.75, 3.05) is 19.5 Å². The van der Waals surface area contributed by atoms with Crippen LogP contribution in [0.5, 0.6) is 5.88 Å². The topological polar surface area (TPSA) is 99.4 Å². The molecule has 122 valence electrons. The molecule has 1 saturated carbocycles. The van der Waals surface area contributed by atoms with Crippen molar-refractivity contribution in [3.63, 3.8) is 0 Å². The summed E-state index contributed by atoms with van der Waals surface area (Å²) in [4.78, 5) is 19.1. The molecule has 0 spiro atoms. The van der Waals surface area contributed by atoms with E-state index in [9.17, 15) is 10.1 Å². The van der Waals surface area contributed by atoms with Gasteiger partial charge in [0.05, 0.1) is 12.0 Å². The van der Waals surface area contributed by atoms with Crippen molar-refractivity contribution in [2.45, 2.75) is 51.2 Å². The highest BCUT2D eigenvalue weighted by Crippen LogP contribution is 2.33. The first-order chi connectivity index (χ1) is 10.7. The van der Waals surface area contributed by atoms with Gasteiger partial charge in [-0.1, -0.05) is 25.7 Å². The second-order valence-corrected chi connectivity index (χ2v) is 5.37. The Balaban J connectivity index is 2.32. The van der Waals surface area contributed by atoms with Crippen LogP contribution in [0.15, 0.2) is 0 Å². The van der Waals surface area contributed by atoms with Gasteiger partial charge in [-0.05, 0) is 12.8 Å². The molecule has 2 rings (SSSR count). The van der Waals surface area contributed by atoms with Crippen molar-refractivity contribution < 1.29 is 14.4 Å². The van der Waals surface area contributed by atoms with Crippen LogP contribution in [0, 0.1) is 10.1 Å². The molecule has 8 nitrogen and oxygen atoms in total. The van der Waals surface area contributed by atoms with Crippen LogP contribution < -0.4 is 10.1 Å². The smallest absolute Gasteiger partial charge is 0.372 e. The van der Waals surface area contributed by atoms with Crippen LogP contribution in [0.3, 0.4) is 0 Å². The Morgan fingerprint density at radius 1 is 1.23 bits per heavy atom. The van der Waals surface area contributed by atoms with E-state index in [-0.39, 0.29) is 30.0 Å². The normalized spacial score (nSPS) is 16.1. The number of methoxy groups -OCH3 is 2. The molecule has 1 aromatic heterocycles. The second kappa shape index (κ2) is 7.88. The molecule has 8 heteroatoms. The third kappa shape index (κ3) is 4.03. The molecule has 0 radical (unpaired) electrons. The number of anilines is 1. The third-order valence-corrected chi connectivity index (χ3v) is 3.74. The number of hydrogen-bond donors (Lipinski definition) is 1. The zero-order valence-corrected chi connectivity index (χ0v) is 13.0. The zero-order valence-electron chi connectivity index (χ0n) is 13.0. The largest absolute Gasteiger partial charge is 0.476 e. The van der Waals surface area contributed by atoms with Crippen LogP contribution in [0.1, 0.15) is 44.3 Å². The molecule has 0 unspecified atom stereocenters. The molecule has 0 aliphatic heterocycles. The summed E-state index contributed by atoms with van der Waals surface area (Å²) in [6, 6.07) is 0.191. The van der Waals surface area contributed by atoms with Gasteiger partial charge in [0.15, 0.2) is 5.82 Å². The fourth-order valence-electron chi connectivity index (χ4n) is 2.70. The molecule has 1 aliphatic rings. The summed E-state index contributed by atoms with van der Waals surface area (Å²) < 4.78 is 10.1. The van der Waals surface area contributed by atoms with Crippen LogP contribution in [0.4, 0.5) is 11.5 Å². The average molecular weight is 310 g/mol. The van der Waals surface area contributed by atoms with Gasteiger partial charge in [0, 0.05) is 13.2 Å². The Bertz CT molecular complexity index is 516. The Hall–Kier alpha value is -1.96. The number of hydrogen-bond acceptors (Lipinski definition) is 7. The Morgan fingerprint density at radius 2 is 1.91 bits per heavy atom. The van der Waals surface area contributed by atoms with Gasteiger partial charge in [0.25, 0.3) is 5.88 Å². The molecule has 0 saturated heterocycles. The number of nitro groups is 1. The lowest BCUT2D eigenvalue weighted by molar-refractivity contribution is -0.385. The predicted octanol–water partition coefficient (Wildman–Crippen LogP) is 2.67. The highest BCUT2D eigenvalue weighted by Gasteiger charge is 2.27. The van der Waals surface area contributed by atoms with Crippen LogP contribution in [0.2, 0.25) is 0 Å². The van der Waals surface area contributed by atoms with E-state index in [1.807, 2.05) is 0 Å². The number of nitrogens with one attached hydrogen (secondary N) is 1. The van der Waals surface area contributed by atoms with Gasteiger partial charge < -0.3 is 14.8 Å². The first-order valence-corrected chi connectivity index (χ1v) is 7.50. The molecule has 1 heterocycles. The Kier molecular flexibility index (Phi) is 5.88. The van der Waals surface area contributed by atoms with Gasteiger partial charge in [-0.3, -0.25) is 10.1 Å². The quantitative estimate of drug-likeness (QED) is 0.490. The van der Waals surface area contributed by atoms with E-state index in [1.54, 1.807) is 0 Å². The Labute approximate surface area is 129 Å². The third-order valence-electron chi connectivity index (χ3n) is 3.74. The molecular weight excluding hydrogens is 288 g/mol. The van der Waals surface area contributed by atoms with Crippen LogP contribution in [0.25, 0.3) is 0 Å². The van der Waals surface area contributed by atoms with E-state index >= 15 is 0 Å². The van der Waals surface area contributed by atoms with E-state index in [0.717, 1.165) is 25.7 Å². The fourth-order valence-corrected chi connectivity index (χ4v) is 2.70. The first-order valence-electron chi connectivity index (χ1n) is 7.50. The van der Waals surface area contributed by atoms with E-state index in [1.165, 1.54) is 27.1 Å². The van der Waals surface area contributed by atoms with Crippen LogP contribution in [-0.2, 0) is 11.3 Å². The van der Waals surface area contributed by atoms with E-state index in [2.05, 4.69) is 15.3 Å². The van der Waals surface area contributed by atoms with Crippen molar-refractivity contribution in [1.29, 1.82) is 0 Å². The van der Waals surface area contributed by atoms with Crippen molar-refractivity contribution in [3.8, 4) is 5.88 Å². The lowest BCUT2D eigenvalue weighted by Crippen LogP contribution is -2.21. The lowest BCUT2D eigenvalue weighted by Gasteiger charge is -2.17. The van der Waals surface area contributed by atoms with Gasteiger partial charge in [-0.25, -0.2) is 4.98 Å². The van der Waals surface area contributed by atoms with Gasteiger partial charge in [-0.15, -0.1) is 0 Å². The van der Waals surface area contributed by atoms with Crippen LogP contribution in [-0.4, -0.2) is 35.2 Å². The number of ether oxygens (including phenoxy) is 2. The SMILES string of the molecule is COCc1nc(NC2CCCCCC2)c([N+](=O)[O-])c(OC)n1. The molecule has 1 N–H and O–H groups in total. The van der Waals surface area contributed by atoms with Gasteiger partial charge in [0.2, 0.25) is 5.82 Å². The second-order valence-electron chi connectivity index (χ2n) is 5.37. The van der Waals surface area contributed by atoms with Crippen molar-refractivity contribution >= 4 is 11.5 Å². The molecule has 1 aromatic rings. The fraction of sp³-hybridized carbons (Fsp3) is 0.714. The van der Waals surface area contributed by atoms with E-state index in [0.29, 0.717) is 5.82 Å². The zero-order chi connectivity index (χ0) is 15.9. The van der Waals surface area contributed by atoms with Crippen molar-refractivity contribution in [2.24, 2.45) is 0 Å². The summed E-state index contributed by atoms with van der Waals surface area (Å²) in [5.74, 6) is 0.542. The van der Waals surface area contributed by atoms with Gasteiger partial charge in [-0.2, -0.15) is 4.98 Å². The van der Waals surface area contributed by atoms with Gasteiger partial charge in [0.1, 0.15) is 6.61 Å². The molecule has 22 heavy (non-hydrogen) atoms. The minimum atomic E-state index is -0.506. The lowest BCUT2D eigenvalue weighted by atomic mass is 10.1. The van der Waals surface area contributed by atoms with Crippen molar-refractivity contribution in [3.05, 3.63) is 15.9 Å². The summed E-state index contributed by atoms with van der Waals surface area (Å²) in [5, 5.41) is 14.6. The summed E-state index contributed by atoms with van der Waals surface area (Å²) in [6.07, 6.45) is 6.65. The molecule has 0 amide bonds. The maximum Gasteiger partial charge on any atom is 0.372 e. The standard InChI is InChI=1S/C14H22N4O4/c1-21-9-11-16-13(12(18(19)20)14(17-11)22-2)15-10-7-5-3-4-6-8-10/h10H,3-9H2,1-2H3,(H,15,16,17). The summed E-state index contributed by atoms with van der Waals surface area (Å²) in [7, 11) is 2.89. The summed E-state index contributed by atoms with van der Waals surface area (Å²) >= 11 is 0. The summed E-state index contributed by atoms with van der Waals surface area (Å²) in [5.41, 5.74) is -0.216. The molecule has 0 bridgehead atoms.